The van der Waals surface area contributed by atoms with Crippen molar-refractivity contribution in [3.63, 3.8) is 0 Å². The number of carbonyl (C=O) groups is 1. The van der Waals surface area contributed by atoms with Gasteiger partial charge in [-0.15, -0.1) is 0 Å². The van der Waals surface area contributed by atoms with E-state index in [2.05, 4.69) is 22.4 Å². The van der Waals surface area contributed by atoms with Crippen LogP contribution in [0.4, 0.5) is 5.82 Å². The Labute approximate surface area is 121 Å². The summed E-state index contributed by atoms with van der Waals surface area (Å²) in [6, 6.07) is 13.8. The second-order valence-electron chi connectivity index (χ2n) is 4.84. The van der Waals surface area contributed by atoms with Crippen LogP contribution in [0, 0.1) is 0 Å². The fraction of sp³-hybridized carbons (Fsp3) is 0.200. The van der Waals surface area contributed by atoms with Crippen molar-refractivity contribution in [1.29, 1.82) is 0 Å². The van der Waals surface area contributed by atoms with Crippen LogP contribution in [0.1, 0.15) is 28.4 Å². The zero-order chi connectivity index (χ0) is 14.1. The molecule has 1 saturated carbocycles. The van der Waals surface area contributed by atoms with Crippen LogP contribution in [-0.2, 0) is 0 Å². The van der Waals surface area contributed by atoms with Gasteiger partial charge < -0.3 is 10.4 Å². The molecule has 0 bridgehead atoms. The van der Waals surface area contributed by atoms with Crippen LogP contribution in [0.15, 0.2) is 42.5 Å². The van der Waals surface area contributed by atoms with Gasteiger partial charge in [-0.3, -0.25) is 0 Å². The molecule has 102 valence electrons. The average molecular weight is 289 g/mol. The van der Waals surface area contributed by atoms with Gasteiger partial charge in [0.05, 0.1) is 5.02 Å². The molecular weight excluding hydrogens is 276 g/mol. The van der Waals surface area contributed by atoms with Crippen LogP contribution in [-0.4, -0.2) is 22.1 Å². The molecule has 2 unspecified atom stereocenters. The molecule has 2 atom stereocenters. The van der Waals surface area contributed by atoms with Crippen molar-refractivity contribution in [2.45, 2.75) is 18.4 Å². The van der Waals surface area contributed by atoms with Gasteiger partial charge in [0.15, 0.2) is 5.69 Å². The number of halogens is 1. The second-order valence-corrected chi connectivity index (χ2v) is 5.24. The van der Waals surface area contributed by atoms with Gasteiger partial charge in [0.1, 0.15) is 5.82 Å². The first-order valence-corrected chi connectivity index (χ1v) is 6.74. The Hall–Kier alpha value is -2.07. The molecule has 0 spiro atoms. The molecular formula is C15H13ClN2O2. The predicted octanol–water partition coefficient (Wildman–Crippen LogP) is 3.40. The molecule has 1 aliphatic carbocycles. The minimum Gasteiger partial charge on any atom is -0.476 e. The number of aromatic nitrogens is 1. The standard InChI is InChI=1S/C15H13ClN2O2/c16-11-6-7-13(18-14(11)15(19)20)17-12-8-10(12)9-4-2-1-3-5-9/h1-7,10,12H,8H2,(H,17,18)(H,19,20). The molecule has 0 saturated heterocycles. The summed E-state index contributed by atoms with van der Waals surface area (Å²) in [7, 11) is 0. The Bertz CT molecular complexity index is 646. The minimum atomic E-state index is -1.12. The van der Waals surface area contributed by atoms with Crippen molar-refractivity contribution in [2.24, 2.45) is 0 Å². The van der Waals surface area contributed by atoms with Crippen LogP contribution in [0.5, 0.6) is 0 Å². The molecule has 3 rings (SSSR count). The van der Waals surface area contributed by atoms with Crippen molar-refractivity contribution >= 4 is 23.4 Å². The van der Waals surface area contributed by atoms with E-state index in [0.717, 1.165) is 6.42 Å². The van der Waals surface area contributed by atoms with E-state index in [-0.39, 0.29) is 10.7 Å². The highest BCUT2D eigenvalue weighted by atomic mass is 35.5. The molecule has 1 aliphatic rings. The second kappa shape index (κ2) is 5.13. The molecule has 2 N–H and O–H groups in total. The van der Waals surface area contributed by atoms with E-state index in [1.54, 1.807) is 12.1 Å². The van der Waals surface area contributed by atoms with Crippen molar-refractivity contribution in [2.75, 3.05) is 5.32 Å². The summed E-state index contributed by atoms with van der Waals surface area (Å²) in [4.78, 5) is 15.0. The lowest BCUT2D eigenvalue weighted by atomic mass is 10.1. The summed E-state index contributed by atoms with van der Waals surface area (Å²) >= 11 is 5.80. The summed E-state index contributed by atoms with van der Waals surface area (Å²) < 4.78 is 0. The average Bonchev–Trinajstić information content (AvgIpc) is 3.21. The van der Waals surface area contributed by atoms with E-state index in [4.69, 9.17) is 16.7 Å². The lowest BCUT2D eigenvalue weighted by Crippen LogP contribution is -2.09. The number of pyridine rings is 1. The number of benzene rings is 1. The van der Waals surface area contributed by atoms with Crippen molar-refractivity contribution in [1.82, 2.24) is 4.98 Å². The third kappa shape index (κ3) is 2.60. The van der Waals surface area contributed by atoms with Gasteiger partial charge in [-0.1, -0.05) is 41.9 Å². The van der Waals surface area contributed by atoms with Crippen molar-refractivity contribution in [3.8, 4) is 0 Å². The maximum absolute atomic E-state index is 11.0. The summed E-state index contributed by atoms with van der Waals surface area (Å²) in [5.74, 6) is -0.105. The zero-order valence-electron chi connectivity index (χ0n) is 10.6. The van der Waals surface area contributed by atoms with E-state index >= 15 is 0 Å². The highest BCUT2D eigenvalue weighted by Crippen LogP contribution is 2.42. The Kier molecular flexibility index (Phi) is 3.32. The predicted molar refractivity (Wildman–Crippen MR) is 77.4 cm³/mol. The third-order valence-corrected chi connectivity index (χ3v) is 3.71. The molecule has 1 aromatic heterocycles. The topological polar surface area (TPSA) is 62.2 Å². The fourth-order valence-electron chi connectivity index (χ4n) is 2.29. The SMILES string of the molecule is O=C(O)c1nc(NC2CC2c2ccccc2)ccc1Cl. The third-order valence-electron chi connectivity index (χ3n) is 3.40. The van der Waals surface area contributed by atoms with Crippen LogP contribution < -0.4 is 5.32 Å². The highest BCUT2D eigenvalue weighted by molar-refractivity contribution is 6.33. The summed E-state index contributed by atoms with van der Waals surface area (Å²) in [6.45, 7) is 0. The number of carboxylic acids is 1. The van der Waals surface area contributed by atoms with Crippen molar-refractivity contribution in [3.05, 3.63) is 58.7 Å². The van der Waals surface area contributed by atoms with Gasteiger partial charge in [0, 0.05) is 12.0 Å². The molecule has 0 amide bonds. The lowest BCUT2D eigenvalue weighted by molar-refractivity contribution is 0.0691. The van der Waals surface area contributed by atoms with Gasteiger partial charge in [-0.25, -0.2) is 9.78 Å². The van der Waals surface area contributed by atoms with Crippen LogP contribution in [0.3, 0.4) is 0 Å². The number of nitrogens with zero attached hydrogens (tertiary/aromatic N) is 1. The number of aromatic carboxylic acids is 1. The first kappa shape index (κ1) is 12.9. The fourth-order valence-corrected chi connectivity index (χ4v) is 2.47. The van der Waals surface area contributed by atoms with E-state index in [1.807, 2.05) is 18.2 Å². The van der Waals surface area contributed by atoms with E-state index in [0.29, 0.717) is 17.8 Å². The van der Waals surface area contributed by atoms with E-state index in [9.17, 15) is 4.79 Å². The molecule has 0 aliphatic heterocycles. The van der Waals surface area contributed by atoms with Gasteiger partial charge in [0.25, 0.3) is 0 Å². The number of anilines is 1. The monoisotopic (exact) mass is 288 g/mol. The Balaban J connectivity index is 1.71. The molecule has 20 heavy (non-hydrogen) atoms. The molecule has 1 heterocycles. The number of hydrogen-bond acceptors (Lipinski definition) is 3. The van der Waals surface area contributed by atoms with Gasteiger partial charge in [-0.05, 0) is 24.1 Å². The number of hydrogen-bond donors (Lipinski definition) is 2. The lowest BCUT2D eigenvalue weighted by Gasteiger charge is -2.07. The summed E-state index contributed by atoms with van der Waals surface area (Å²) in [5, 5.41) is 12.4. The van der Waals surface area contributed by atoms with Gasteiger partial charge in [0.2, 0.25) is 0 Å². The largest absolute Gasteiger partial charge is 0.476 e. The molecule has 2 aromatic rings. The quantitative estimate of drug-likeness (QED) is 0.905. The summed E-state index contributed by atoms with van der Waals surface area (Å²) in [5.41, 5.74) is 1.17. The smallest absolute Gasteiger partial charge is 0.356 e. The Morgan fingerprint density at radius 1 is 1.25 bits per heavy atom. The molecule has 0 radical (unpaired) electrons. The van der Waals surface area contributed by atoms with Gasteiger partial charge in [-0.2, -0.15) is 0 Å². The first-order chi connectivity index (χ1) is 9.65. The zero-order valence-corrected chi connectivity index (χ0v) is 11.3. The van der Waals surface area contributed by atoms with Crippen LogP contribution >= 0.6 is 11.6 Å². The molecule has 1 fully saturated rings. The molecule has 4 nitrogen and oxygen atoms in total. The Morgan fingerprint density at radius 3 is 2.70 bits per heavy atom. The number of rotatable bonds is 4. The number of carboxylic acid groups (broad SMARTS) is 1. The molecule has 5 heteroatoms. The van der Waals surface area contributed by atoms with Crippen LogP contribution in [0.25, 0.3) is 0 Å². The molecule has 1 aromatic carbocycles. The van der Waals surface area contributed by atoms with Crippen molar-refractivity contribution < 1.29 is 9.90 Å². The maximum Gasteiger partial charge on any atom is 0.356 e. The normalized spacial score (nSPS) is 20.4. The first-order valence-electron chi connectivity index (χ1n) is 6.36. The van der Waals surface area contributed by atoms with Crippen LogP contribution in [0.2, 0.25) is 5.02 Å². The summed E-state index contributed by atoms with van der Waals surface area (Å²) in [6.07, 6.45) is 1.02. The number of nitrogens with one attached hydrogen (secondary N) is 1. The highest BCUT2D eigenvalue weighted by Gasteiger charge is 2.38. The van der Waals surface area contributed by atoms with E-state index in [1.165, 1.54) is 5.56 Å². The maximum atomic E-state index is 11.0. The Morgan fingerprint density at radius 2 is 2.00 bits per heavy atom. The minimum absolute atomic E-state index is 0.117. The van der Waals surface area contributed by atoms with E-state index < -0.39 is 5.97 Å². The van der Waals surface area contributed by atoms with Gasteiger partial charge >= 0.3 is 5.97 Å².